The van der Waals surface area contributed by atoms with E-state index in [0.29, 0.717) is 44.7 Å². The predicted octanol–water partition coefficient (Wildman–Crippen LogP) is 2.88. The molecule has 2 aromatic rings. The number of carbonyl (C=O) groups excluding carboxylic acids is 2. The Kier molecular flexibility index (Phi) is 7.18. The molecule has 0 aliphatic carbocycles. The molecule has 0 spiro atoms. The maximum Gasteiger partial charge on any atom is 0.254 e. The number of morpholine rings is 1. The topological polar surface area (TPSA) is 96.0 Å². The Bertz CT molecular complexity index is 1130. The van der Waals surface area contributed by atoms with Crippen molar-refractivity contribution in [1.29, 1.82) is 0 Å². The number of nitrogens with one attached hydrogen (secondary N) is 1. The van der Waals surface area contributed by atoms with Crippen LogP contribution in [0.4, 0.5) is 5.69 Å². The third-order valence-corrected chi connectivity index (χ3v) is 9.72. The summed E-state index contributed by atoms with van der Waals surface area (Å²) in [4.78, 5) is 27.1. The lowest BCUT2D eigenvalue weighted by molar-refractivity contribution is -0.120. The Balaban J connectivity index is 1.37. The van der Waals surface area contributed by atoms with Gasteiger partial charge in [-0.2, -0.15) is 4.31 Å². The first kappa shape index (κ1) is 23.9. The van der Waals surface area contributed by atoms with E-state index in [1.165, 1.54) is 10.4 Å². The lowest BCUT2D eigenvalue weighted by Crippen LogP contribution is -2.41. The van der Waals surface area contributed by atoms with Gasteiger partial charge in [-0.05, 0) is 49.9 Å². The highest BCUT2D eigenvalue weighted by molar-refractivity contribution is 7.91. The summed E-state index contributed by atoms with van der Waals surface area (Å²) in [6, 6.07) is 7.26. The SMILES string of the molecule is Cc1cccc(NC(=O)C2CCN(S(=O)(=O)c3cc(C(=O)N4CCOCC4)cs3)CC2)c1C. The monoisotopic (exact) mass is 491 g/mol. The second-order valence-electron chi connectivity index (χ2n) is 8.47. The predicted molar refractivity (Wildman–Crippen MR) is 127 cm³/mol. The van der Waals surface area contributed by atoms with E-state index in [1.807, 2.05) is 32.0 Å². The highest BCUT2D eigenvalue weighted by atomic mass is 32.2. The number of amides is 2. The van der Waals surface area contributed by atoms with Crippen LogP contribution >= 0.6 is 11.3 Å². The average Bonchev–Trinajstić information content (AvgIpc) is 3.33. The number of benzene rings is 1. The third-order valence-electron chi connectivity index (χ3n) is 6.40. The van der Waals surface area contributed by atoms with Crippen LogP contribution in [0.5, 0.6) is 0 Å². The normalized spacial score (nSPS) is 18.3. The molecule has 0 unspecified atom stereocenters. The molecule has 178 valence electrons. The molecular formula is C23H29N3O5S2. The number of hydrogen-bond donors (Lipinski definition) is 1. The summed E-state index contributed by atoms with van der Waals surface area (Å²) in [5, 5.41) is 4.60. The molecule has 2 aliphatic heterocycles. The van der Waals surface area contributed by atoms with Crippen molar-refractivity contribution in [1.82, 2.24) is 9.21 Å². The summed E-state index contributed by atoms with van der Waals surface area (Å²) in [7, 11) is -3.70. The van der Waals surface area contributed by atoms with Crippen LogP contribution in [-0.4, -0.2) is 68.8 Å². The molecule has 1 N–H and O–H groups in total. The first-order valence-electron chi connectivity index (χ1n) is 11.1. The molecule has 0 atom stereocenters. The Labute approximate surface area is 198 Å². The molecule has 1 aromatic heterocycles. The first-order valence-corrected chi connectivity index (χ1v) is 13.4. The zero-order valence-corrected chi connectivity index (χ0v) is 20.5. The number of rotatable bonds is 5. The van der Waals surface area contributed by atoms with Crippen molar-refractivity contribution in [3.05, 3.63) is 46.3 Å². The fourth-order valence-corrected chi connectivity index (χ4v) is 6.90. The van der Waals surface area contributed by atoms with Crippen LogP contribution in [0.15, 0.2) is 33.9 Å². The van der Waals surface area contributed by atoms with Gasteiger partial charge in [0.25, 0.3) is 15.9 Å². The molecule has 2 amide bonds. The van der Waals surface area contributed by atoms with Crippen molar-refractivity contribution in [2.45, 2.75) is 30.9 Å². The number of nitrogens with zero attached hydrogens (tertiary/aromatic N) is 2. The number of anilines is 1. The largest absolute Gasteiger partial charge is 0.378 e. The van der Waals surface area contributed by atoms with Crippen molar-refractivity contribution < 1.29 is 22.7 Å². The van der Waals surface area contributed by atoms with Crippen LogP contribution in [0.3, 0.4) is 0 Å². The Morgan fingerprint density at radius 1 is 1.09 bits per heavy atom. The van der Waals surface area contributed by atoms with Crippen molar-refractivity contribution in [3.8, 4) is 0 Å². The van der Waals surface area contributed by atoms with Gasteiger partial charge in [0.1, 0.15) is 4.21 Å². The Morgan fingerprint density at radius 3 is 2.48 bits per heavy atom. The fraction of sp³-hybridized carbons (Fsp3) is 0.478. The molecule has 0 radical (unpaired) electrons. The van der Waals surface area contributed by atoms with Crippen LogP contribution in [0.2, 0.25) is 0 Å². The summed E-state index contributed by atoms with van der Waals surface area (Å²) in [5.74, 6) is -0.480. The summed E-state index contributed by atoms with van der Waals surface area (Å²) in [6.07, 6.45) is 0.918. The van der Waals surface area contributed by atoms with Crippen molar-refractivity contribution >= 4 is 38.9 Å². The van der Waals surface area contributed by atoms with Crippen molar-refractivity contribution in [3.63, 3.8) is 0 Å². The molecule has 0 saturated carbocycles. The average molecular weight is 492 g/mol. The van der Waals surface area contributed by atoms with Gasteiger partial charge in [0.15, 0.2) is 0 Å². The molecule has 10 heteroatoms. The van der Waals surface area contributed by atoms with Crippen molar-refractivity contribution in [2.75, 3.05) is 44.7 Å². The molecule has 4 rings (SSSR count). The first-order chi connectivity index (χ1) is 15.8. The van der Waals surface area contributed by atoms with Gasteiger partial charge in [-0.3, -0.25) is 9.59 Å². The quantitative estimate of drug-likeness (QED) is 0.694. The van der Waals surface area contributed by atoms with Gasteiger partial charge in [0.2, 0.25) is 5.91 Å². The van der Waals surface area contributed by atoms with Gasteiger partial charge >= 0.3 is 0 Å². The molecule has 0 bridgehead atoms. The van der Waals surface area contributed by atoms with Gasteiger partial charge < -0.3 is 15.0 Å². The summed E-state index contributed by atoms with van der Waals surface area (Å²) < 4.78 is 33.1. The molecular weight excluding hydrogens is 462 g/mol. The minimum absolute atomic E-state index is 0.0738. The lowest BCUT2D eigenvalue weighted by atomic mass is 9.97. The van der Waals surface area contributed by atoms with Gasteiger partial charge in [0, 0.05) is 43.2 Å². The fourth-order valence-electron chi connectivity index (χ4n) is 4.12. The number of carbonyl (C=O) groups is 2. The number of thiophene rings is 1. The minimum atomic E-state index is -3.70. The van der Waals surface area contributed by atoms with Crippen LogP contribution in [0, 0.1) is 19.8 Å². The lowest BCUT2D eigenvalue weighted by Gasteiger charge is -2.30. The zero-order chi connectivity index (χ0) is 23.6. The third kappa shape index (κ3) is 5.13. The number of sulfonamides is 1. The maximum absolute atomic E-state index is 13.1. The highest BCUT2D eigenvalue weighted by Gasteiger charge is 2.33. The highest BCUT2D eigenvalue weighted by Crippen LogP contribution is 2.29. The maximum atomic E-state index is 13.1. The summed E-state index contributed by atoms with van der Waals surface area (Å²) in [6.45, 7) is 6.52. The van der Waals surface area contributed by atoms with Crippen molar-refractivity contribution in [2.24, 2.45) is 5.92 Å². The molecule has 33 heavy (non-hydrogen) atoms. The smallest absolute Gasteiger partial charge is 0.254 e. The van der Waals surface area contributed by atoms with E-state index < -0.39 is 10.0 Å². The Morgan fingerprint density at radius 2 is 1.79 bits per heavy atom. The van der Waals surface area contributed by atoms with Gasteiger partial charge in [0.05, 0.1) is 18.8 Å². The minimum Gasteiger partial charge on any atom is -0.378 e. The number of aryl methyl sites for hydroxylation is 1. The Hall–Kier alpha value is -2.27. The van der Waals surface area contributed by atoms with Gasteiger partial charge in [-0.25, -0.2) is 8.42 Å². The van der Waals surface area contributed by atoms with E-state index in [2.05, 4.69) is 5.32 Å². The van der Waals surface area contributed by atoms with E-state index in [1.54, 1.807) is 10.3 Å². The molecule has 1 aromatic carbocycles. The zero-order valence-electron chi connectivity index (χ0n) is 18.9. The molecule has 8 nitrogen and oxygen atoms in total. The van der Waals surface area contributed by atoms with Crippen LogP contribution in [-0.2, 0) is 19.6 Å². The molecule has 3 heterocycles. The van der Waals surface area contributed by atoms with Crippen LogP contribution in [0.1, 0.15) is 34.3 Å². The van der Waals surface area contributed by atoms with Crippen LogP contribution in [0.25, 0.3) is 0 Å². The van der Waals surface area contributed by atoms with Crippen LogP contribution < -0.4 is 5.32 Å². The molecule has 2 fully saturated rings. The van der Waals surface area contributed by atoms with E-state index in [-0.39, 0.29) is 35.0 Å². The molecule has 2 aliphatic rings. The van der Waals surface area contributed by atoms with Gasteiger partial charge in [-0.1, -0.05) is 12.1 Å². The van der Waals surface area contributed by atoms with E-state index in [0.717, 1.165) is 28.2 Å². The van der Waals surface area contributed by atoms with E-state index >= 15 is 0 Å². The summed E-state index contributed by atoms with van der Waals surface area (Å²) in [5.41, 5.74) is 3.33. The van der Waals surface area contributed by atoms with E-state index in [9.17, 15) is 18.0 Å². The number of hydrogen-bond acceptors (Lipinski definition) is 6. The summed E-state index contributed by atoms with van der Waals surface area (Å²) >= 11 is 1.07. The van der Waals surface area contributed by atoms with E-state index in [4.69, 9.17) is 4.74 Å². The number of ether oxygens (including phenoxy) is 1. The standard InChI is InChI=1S/C23H29N3O5S2/c1-16-4-3-5-20(17(16)2)24-22(27)18-6-8-26(9-7-18)33(29,30)21-14-19(15-32-21)23(28)25-10-12-31-13-11-25/h3-5,14-15,18H,6-13H2,1-2H3,(H,24,27). The number of piperidine rings is 1. The van der Waals surface area contributed by atoms with Gasteiger partial charge in [-0.15, -0.1) is 11.3 Å². The second-order valence-corrected chi connectivity index (χ2v) is 11.6. The molecule has 2 saturated heterocycles. The second kappa shape index (κ2) is 9.92.